The fraction of sp³-hybridized carbons (Fsp3) is 0.0500. The van der Waals surface area contributed by atoms with Gasteiger partial charge < -0.3 is 8.94 Å². The summed E-state index contributed by atoms with van der Waals surface area (Å²) >= 11 is 6.15. The summed E-state index contributed by atoms with van der Waals surface area (Å²) in [5.41, 5.74) is -2.16. The summed E-state index contributed by atoms with van der Waals surface area (Å²) in [5.74, 6) is -1.43. The van der Waals surface area contributed by atoms with Crippen molar-refractivity contribution >= 4 is 11.6 Å². The van der Waals surface area contributed by atoms with Crippen LogP contribution in [-0.2, 0) is 6.18 Å². The van der Waals surface area contributed by atoms with Crippen LogP contribution in [-0.4, -0.2) is 30.1 Å². The molecule has 5 aromatic rings. The third-order valence-corrected chi connectivity index (χ3v) is 4.95. The molecule has 4 heterocycles. The van der Waals surface area contributed by atoms with Crippen molar-refractivity contribution in [3.63, 3.8) is 0 Å². The predicted molar refractivity (Wildman–Crippen MR) is 106 cm³/mol. The minimum atomic E-state index is -4.86. The highest BCUT2D eigenvalue weighted by molar-refractivity contribution is 6.33. The summed E-state index contributed by atoms with van der Waals surface area (Å²) in [5, 5.41) is 14.9. The van der Waals surface area contributed by atoms with Gasteiger partial charge in [0, 0.05) is 6.20 Å². The highest BCUT2D eigenvalue weighted by Crippen LogP contribution is 2.46. The quantitative estimate of drug-likeness (QED) is 0.318. The zero-order chi connectivity index (χ0) is 23.2. The number of pyridine rings is 1. The second kappa shape index (κ2) is 7.81. The summed E-state index contributed by atoms with van der Waals surface area (Å²) in [6.45, 7) is 0. The van der Waals surface area contributed by atoms with E-state index in [0.29, 0.717) is 4.68 Å². The van der Waals surface area contributed by atoms with Gasteiger partial charge in [0.05, 0.1) is 34.2 Å². The molecule has 0 aliphatic carbocycles. The maximum atomic E-state index is 14.6. The molecule has 0 atom stereocenters. The third kappa shape index (κ3) is 3.53. The van der Waals surface area contributed by atoms with E-state index in [2.05, 4.69) is 25.4 Å². The molecule has 13 heteroatoms. The molecule has 166 valence electrons. The van der Waals surface area contributed by atoms with Crippen LogP contribution in [0, 0.1) is 5.82 Å². The SMILES string of the molecule is Fc1cccc(Cl)c1-c1noc(-c2cnn(-c3cccnc3)c2C(F)(F)F)c1-c1nnco1. The van der Waals surface area contributed by atoms with Crippen molar-refractivity contribution in [2.75, 3.05) is 0 Å². The Morgan fingerprint density at radius 2 is 1.88 bits per heavy atom. The lowest BCUT2D eigenvalue weighted by Gasteiger charge is -2.12. The molecule has 0 fully saturated rings. The van der Waals surface area contributed by atoms with Crippen LogP contribution in [0.15, 0.2) is 64.3 Å². The second-order valence-corrected chi connectivity index (χ2v) is 7.01. The van der Waals surface area contributed by atoms with Crippen LogP contribution >= 0.6 is 11.6 Å². The lowest BCUT2D eigenvalue weighted by atomic mass is 10.0. The standard InChI is InChI=1S/C20H9ClF4N6O2/c21-12-4-1-5-13(22)14(12)16-15(19-29-27-9-32-19)17(33-30-16)11-8-28-31(18(11)20(23,24)25)10-3-2-6-26-7-10/h1-9H. The second-order valence-electron chi connectivity index (χ2n) is 6.60. The maximum Gasteiger partial charge on any atom is 0.434 e. The Hall–Kier alpha value is -4.06. The van der Waals surface area contributed by atoms with E-state index in [0.717, 1.165) is 18.7 Å². The average Bonchev–Trinajstić information content (AvgIpc) is 3.52. The van der Waals surface area contributed by atoms with Crippen LogP contribution in [0.2, 0.25) is 5.02 Å². The molecule has 1 aromatic carbocycles. The van der Waals surface area contributed by atoms with Gasteiger partial charge in [-0.3, -0.25) is 4.98 Å². The van der Waals surface area contributed by atoms with Gasteiger partial charge in [-0.15, -0.1) is 10.2 Å². The Balaban J connectivity index is 1.80. The molecule has 0 unspecified atom stereocenters. The lowest BCUT2D eigenvalue weighted by Crippen LogP contribution is -2.14. The molecular formula is C20H9ClF4N6O2. The smallest absolute Gasteiger partial charge is 0.423 e. The van der Waals surface area contributed by atoms with Gasteiger partial charge in [-0.1, -0.05) is 22.8 Å². The van der Waals surface area contributed by atoms with E-state index in [1.165, 1.54) is 36.7 Å². The van der Waals surface area contributed by atoms with Gasteiger partial charge >= 0.3 is 6.18 Å². The summed E-state index contributed by atoms with van der Waals surface area (Å²) in [6, 6.07) is 6.76. The zero-order valence-corrected chi connectivity index (χ0v) is 16.8. The monoisotopic (exact) mass is 476 g/mol. The normalized spacial score (nSPS) is 11.8. The first-order valence-electron chi connectivity index (χ1n) is 9.13. The van der Waals surface area contributed by atoms with E-state index in [-0.39, 0.29) is 33.4 Å². The van der Waals surface area contributed by atoms with Crippen LogP contribution in [0.3, 0.4) is 0 Å². The van der Waals surface area contributed by atoms with Crippen molar-refractivity contribution in [1.82, 2.24) is 30.1 Å². The number of alkyl halides is 3. The van der Waals surface area contributed by atoms with Crippen molar-refractivity contribution in [3.8, 4) is 39.7 Å². The molecule has 0 aliphatic rings. The lowest BCUT2D eigenvalue weighted by molar-refractivity contribution is -0.142. The number of hydrogen-bond acceptors (Lipinski definition) is 7. The van der Waals surface area contributed by atoms with E-state index in [9.17, 15) is 17.6 Å². The highest BCUT2D eigenvalue weighted by atomic mass is 35.5. The summed E-state index contributed by atoms with van der Waals surface area (Å²) in [6.07, 6.45) is -0.326. The topological polar surface area (TPSA) is 95.7 Å². The average molecular weight is 477 g/mol. The van der Waals surface area contributed by atoms with Gasteiger partial charge in [-0.05, 0) is 24.3 Å². The molecule has 33 heavy (non-hydrogen) atoms. The summed E-state index contributed by atoms with van der Waals surface area (Å²) < 4.78 is 68.3. The number of aromatic nitrogens is 6. The van der Waals surface area contributed by atoms with E-state index in [1.807, 2.05) is 0 Å². The number of rotatable bonds is 4. The van der Waals surface area contributed by atoms with Crippen LogP contribution in [0.25, 0.3) is 39.7 Å². The molecule has 0 saturated heterocycles. The van der Waals surface area contributed by atoms with Gasteiger partial charge in [0.1, 0.15) is 17.1 Å². The number of halogens is 5. The van der Waals surface area contributed by atoms with Crippen LogP contribution < -0.4 is 0 Å². The molecule has 0 N–H and O–H groups in total. The molecule has 0 aliphatic heterocycles. The van der Waals surface area contributed by atoms with Crippen molar-refractivity contribution < 1.29 is 26.5 Å². The third-order valence-electron chi connectivity index (χ3n) is 4.64. The van der Waals surface area contributed by atoms with Crippen molar-refractivity contribution in [1.29, 1.82) is 0 Å². The van der Waals surface area contributed by atoms with Gasteiger partial charge in [-0.25, -0.2) is 9.07 Å². The Morgan fingerprint density at radius 1 is 1.03 bits per heavy atom. The van der Waals surface area contributed by atoms with Crippen molar-refractivity contribution in [2.24, 2.45) is 0 Å². The molecule has 0 amide bonds. The summed E-state index contributed by atoms with van der Waals surface area (Å²) in [7, 11) is 0. The number of nitrogens with zero attached hydrogens (tertiary/aromatic N) is 6. The fourth-order valence-corrected chi connectivity index (χ4v) is 3.56. The largest absolute Gasteiger partial charge is 0.434 e. The first kappa shape index (κ1) is 20.8. The Bertz CT molecular complexity index is 1410. The first-order chi connectivity index (χ1) is 15.9. The Morgan fingerprint density at radius 3 is 2.55 bits per heavy atom. The van der Waals surface area contributed by atoms with Gasteiger partial charge in [0.15, 0.2) is 11.5 Å². The van der Waals surface area contributed by atoms with Crippen LogP contribution in [0.1, 0.15) is 5.69 Å². The molecule has 4 aromatic heterocycles. The molecule has 5 rings (SSSR count). The van der Waals surface area contributed by atoms with Crippen molar-refractivity contribution in [2.45, 2.75) is 6.18 Å². The first-order valence-corrected chi connectivity index (χ1v) is 9.50. The van der Waals surface area contributed by atoms with Gasteiger partial charge in [0.25, 0.3) is 5.89 Å². The summed E-state index contributed by atoms with van der Waals surface area (Å²) in [4.78, 5) is 3.83. The molecule has 0 spiro atoms. The van der Waals surface area contributed by atoms with Crippen LogP contribution in [0.4, 0.5) is 17.6 Å². The van der Waals surface area contributed by atoms with E-state index < -0.39 is 29.0 Å². The molecular weight excluding hydrogens is 468 g/mol. The fourth-order valence-electron chi connectivity index (χ4n) is 3.31. The van der Waals surface area contributed by atoms with E-state index in [1.54, 1.807) is 0 Å². The predicted octanol–water partition coefficient (Wildman–Crippen LogP) is 5.45. The molecule has 0 radical (unpaired) electrons. The minimum absolute atomic E-state index is 0.0438. The maximum absolute atomic E-state index is 14.6. The van der Waals surface area contributed by atoms with E-state index >= 15 is 0 Å². The highest BCUT2D eigenvalue weighted by Gasteiger charge is 2.42. The Labute approximate surface area is 186 Å². The number of hydrogen-bond donors (Lipinski definition) is 0. The molecule has 0 bridgehead atoms. The van der Waals surface area contributed by atoms with Gasteiger partial charge in [0.2, 0.25) is 6.39 Å². The minimum Gasteiger partial charge on any atom is -0.423 e. The van der Waals surface area contributed by atoms with Crippen molar-refractivity contribution in [3.05, 3.63) is 71.8 Å². The molecule has 8 nitrogen and oxygen atoms in total. The molecule has 0 saturated carbocycles. The van der Waals surface area contributed by atoms with Crippen LogP contribution in [0.5, 0.6) is 0 Å². The zero-order valence-electron chi connectivity index (χ0n) is 16.1. The van der Waals surface area contributed by atoms with Gasteiger partial charge in [-0.2, -0.15) is 18.3 Å². The van der Waals surface area contributed by atoms with E-state index in [4.69, 9.17) is 20.5 Å². The number of benzene rings is 1. The Kier molecular flexibility index (Phi) is 4.93.